The van der Waals surface area contributed by atoms with Crippen LogP contribution in [-0.4, -0.2) is 48.5 Å². The summed E-state index contributed by atoms with van der Waals surface area (Å²) >= 11 is 0. The third-order valence-electron chi connectivity index (χ3n) is 3.14. The van der Waals surface area contributed by atoms with Gasteiger partial charge in [-0.2, -0.15) is 0 Å². The van der Waals surface area contributed by atoms with E-state index in [4.69, 9.17) is 11.2 Å². The number of hydrogen-bond acceptors (Lipinski definition) is 2. The van der Waals surface area contributed by atoms with E-state index in [0.29, 0.717) is 11.0 Å². The molecule has 0 saturated heterocycles. The van der Waals surface area contributed by atoms with E-state index >= 15 is 0 Å². The Hall–Kier alpha value is -1.34. The molecule has 0 fully saturated rings. The summed E-state index contributed by atoms with van der Waals surface area (Å²) in [5.74, 6) is 2.56. The van der Waals surface area contributed by atoms with Crippen LogP contribution in [0, 0.1) is 12.3 Å². The molecule has 1 rings (SSSR count). The van der Waals surface area contributed by atoms with Crippen LogP contribution in [0.2, 0.25) is 0 Å². The predicted octanol–water partition coefficient (Wildman–Crippen LogP) is 2.05. The first-order valence-electron chi connectivity index (χ1n) is 6.90. The molecule has 0 bridgehead atoms. The van der Waals surface area contributed by atoms with Gasteiger partial charge in [0, 0.05) is 5.56 Å². The van der Waals surface area contributed by atoms with E-state index in [1.165, 1.54) is 5.56 Å². The lowest BCUT2D eigenvalue weighted by Crippen LogP contribution is -2.46. The molecule has 0 unspecified atom stereocenters. The maximum Gasteiger partial charge on any atom is 0.126 e. The molecule has 0 aliphatic heterocycles. The number of terminal acetylenes is 1. The number of rotatable bonds is 7. The van der Waals surface area contributed by atoms with E-state index in [1.54, 1.807) is 0 Å². The van der Waals surface area contributed by atoms with Crippen molar-refractivity contribution in [1.29, 1.82) is 0 Å². The van der Waals surface area contributed by atoms with Gasteiger partial charge < -0.3 is 14.3 Å². The second kappa shape index (κ2) is 6.90. The lowest BCUT2D eigenvalue weighted by atomic mass is 10.1. The zero-order valence-corrected chi connectivity index (χ0v) is 13.0. The van der Waals surface area contributed by atoms with Crippen molar-refractivity contribution in [3.8, 4) is 12.3 Å². The van der Waals surface area contributed by atoms with Crippen molar-refractivity contribution in [1.82, 2.24) is 0 Å². The second-order valence-electron chi connectivity index (χ2n) is 6.38. The Balaban J connectivity index is 2.48. The maximum absolute atomic E-state index is 10.1. The van der Waals surface area contributed by atoms with Crippen LogP contribution in [0.25, 0.3) is 0 Å². The van der Waals surface area contributed by atoms with E-state index in [-0.39, 0.29) is 6.61 Å². The quantitative estimate of drug-likeness (QED) is 0.610. The maximum atomic E-state index is 10.1. The molecule has 0 heterocycles. The summed E-state index contributed by atoms with van der Waals surface area (Å²) in [6.45, 7) is 5.40. The Labute approximate surface area is 122 Å². The molecular formula is C17H26NO2+. The highest BCUT2D eigenvalue weighted by molar-refractivity contribution is 5.13. The number of aliphatic hydroxyl groups excluding tert-OH is 1. The molecule has 3 heteroatoms. The summed E-state index contributed by atoms with van der Waals surface area (Å²) in [4.78, 5) is 0. The molecule has 0 radical (unpaired) electrons. The normalized spacial score (nSPS) is 13.8. The van der Waals surface area contributed by atoms with Gasteiger partial charge in [-0.3, -0.25) is 0 Å². The van der Waals surface area contributed by atoms with Gasteiger partial charge in [-0.15, -0.1) is 6.42 Å². The number of quaternary nitrogens is 1. The molecule has 110 valence electrons. The van der Waals surface area contributed by atoms with Crippen molar-refractivity contribution in [3.05, 3.63) is 35.9 Å². The molecule has 1 aromatic carbocycles. The Morgan fingerprint density at radius 3 is 2.45 bits per heavy atom. The summed E-state index contributed by atoms with van der Waals surface area (Å²) in [7, 11) is 4.20. The zero-order chi connectivity index (χ0) is 15.2. The van der Waals surface area contributed by atoms with Crippen LogP contribution < -0.4 is 0 Å². The van der Waals surface area contributed by atoms with E-state index < -0.39 is 11.7 Å². The molecule has 0 aliphatic carbocycles. The van der Waals surface area contributed by atoms with E-state index in [2.05, 4.69) is 32.1 Å². The largest absolute Gasteiger partial charge is 0.385 e. The van der Waals surface area contributed by atoms with E-state index in [1.807, 2.05) is 32.0 Å². The van der Waals surface area contributed by atoms with E-state index in [9.17, 15) is 5.11 Å². The Morgan fingerprint density at radius 1 is 1.30 bits per heavy atom. The van der Waals surface area contributed by atoms with Crippen molar-refractivity contribution in [2.24, 2.45) is 0 Å². The van der Waals surface area contributed by atoms with Gasteiger partial charge in [0.2, 0.25) is 0 Å². The molecule has 20 heavy (non-hydrogen) atoms. The summed E-state index contributed by atoms with van der Waals surface area (Å²) in [6, 6.07) is 10.3. The molecule has 1 atom stereocenters. The fourth-order valence-electron chi connectivity index (χ4n) is 2.11. The lowest BCUT2D eigenvalue weighted by molar-refractivity contribution is -0.906. The van der Waals surface area contributed by atoms with Gasteiger partial charge in [0.25, 0.3) is 0 Å². The number of likely N-dealkylation sites (N-methyl/N-ethyl adjacent to an activating group) is 1. The SMILES string of the molecule is C#CC(C)(C)OC[C@H](O)C[N+](C)(C)Cc1ccccc1. The fraction of sp³-hybridized carbons (Fsp3) is 0.529. The Kier molecular flexibility index (Phi) is 5.76. The molecular weight excluding hydrogens is 250 g/mol. The second-order valence-corrected chi connectivity index (χ2v) is 6.38. The van der Waals surface area contributed by atoms with Crippen LogP contribution in [0.1, 0.15) is 19.4 Å². The highest BCUT2D eigenvalue weighted by Crippen LogP contribution is 2.12. The van der Waals surface area contributed by atoms with Gasteiger partial charge in [-0.25, -0.2) is 0 Å². The standard InChI is InChI=1S/C17H26NO2/c1-6-17(2,3)20-14-16(19)13-18(4,5)12-15-10-8-7-9-11-15/h1,7-11,16,19H,12-14H2,2-5H3/q+1/t16-/m1/s1. The smallest absolute Gasteiger partial charge is 0.126 e. The Morgan fingerprint density at radius 2 is 1.90 bits per heavy atom. The zero-order valence-electron chi connectivity index (χ0n) is 13.0. The minimum absolute atomic E-state index is 0.258. The van der Waals surface area contributed by atoms with Crippen molar-refractivity contribution >= 4 is 0 Å². The first-order valence-corrected chi connectivity index (χ1v) is 6.90. The first kappa shape index (κ1) is 16.7. The van der Waals surface area contributed by atoms with Gasteiger partial charge in [0.15, 0.2) is 0 Å². The van der Waals surface area contributed by atoms with Crippen LogP contribution >= 0.6 is 0 Å². The van der Waals surface area contributed by atoms with Gasteiger partial charge in [0.1, 0.15) is 24.8 Å². The number of ether oxygens (including phenoxy) is 1. The summed E-state index contributed by atoms with van der Waals surface area (Å²) in [5, 5.41) is 10.1. The van der Waals surface area contributed by atoms with Crippen molar-refractivity contribution in [2.75, 3.05) is 27.2 Å². The number of hydrogen-bond donors (Lipinski definition) is 1. The molecule has 3 nitrogen and oxygen atoms in total. The Bertz CT molecular complexity index is 446. The fourth-order valence-corrected chi connectivity index (χ4v) is 2.11. The topological polar surface area (TPSA) is 29.5 Å². The predicted molar refractivity (Wildman–Crippen MR) is 82.0 cm³/mol. The van der Waals surface area contributed by atoms with Crippen LogP contribution in [0.4, 0.5) is 0 Å². The highest BCUT2D eigenvalue weighted by Gasteiger charge is 2.23. The van der Waals surface area contributed by atoms with Crippen molar-refractivity contribution in [3.63, 3.8) is 0 Å². The molecule has 0 saturated carbocycles. The monoisotopic (exact) mass is 276 g/mol. The van der Waals surface area contributed by atoms with Gasteiger partial charge in [0.05, 0.1) is 20.7 Å². The van der Waals surface area contributed by atoms with Crippen molar-refractivity contribution in [2.45, 2.75) is 32.1 Å². The van der Waals surface area contributed by atoms with Crippen LogP contribution in [0.5, 0.6) is 0 Å². The summed E-state index contributed by atoms with van der Waals surface area (Å²) in [5.41, 5.74) is 0.631. The number of benzene rings is 1. The summed E-state index contributed by atoms with van der Waals surface area (Å²) in [6.07, 6.45) is 4.83. The van der Waals surface area contributed by atoms with E-state index in [0.717, 1.165) is 6.54 Å². The molecule has 1 N–H and O–H groups in total. The van der Waals surface area contributed by atoms with Crippen LogP contribution in [0.3, 0.4) is 0 Å². The average molecular weight is 276 g/mol. The van der Waals surface area contributed by atoms with Gasteiger partial charge in [-0.05, 0) is 13.8 Å². The highest BCUT2D eigenvalue weighted by atomic mass is 16.5. The summed E-state index contributed by atoms with van der Waals surface area (Å²) < 4.78 is 6.24. The average Bonchev–Trinajstić information content (AvgIpc) is 2.36. The third-order valence-corrected chi connectivity index (χ3v) is 3.14. The number of aliphatic hydroxyl groups is 1. The number of nitrogens with zero attached hydrogens (tertiary/aromatic N) is 1. The van der Waals surface area contributed by atoms with Crippen molar-refractivity contribution < 1.29 is 14.3 Å². The van der Waals surface area contributed by atoms with Gasteiger partial charge >= 0.3 is 0 Å². The third kappa shape index (κ3) is 6.21. The molecule has 1 aromatic rings. The van der Waals surface area contributed by atoms with Crippen LogP contribution in [0.15, 0.2) is 30.3 Å². The molecule has 0 aliphatic rings. The minimum Gasteiger partial charge on any atom is -0.385 e. The first-order chi connectivity index (χ1) is 9.24. The van der Waals surface area contributed by atoms with Gasteiger partial charge in [-0.1, -0.05) is 36.3 Å². The molecule has 0 aromatic heterocycles. The molecule has 0 spiro atoms. The molecule has 0 amide bonds. The minimum atomic E-state index is -0.627. The lowest BCUT2D eigenvalue weighted by Gasteiger charge is -2.32. The van der Waals surface area contributed by atoms with Crippen LogP contribution in [-0.2, 0) is 11.3 Å².